The lowest BCUT2D eigenvalue weighted by Gasteiger charge is -2.22. The van der Waals surface area contributed by atoms with Gasteiger partial charge in [-0.1, -0.05) is 42.5 Å². The van der Waals surface area contributed by atoms with Gasteiger partial charge in [0.2, 0.25) is 0 Å². The molecule has 28 heavy (non-hydrogen) atoms. The summed E-state index contributed by atoms with van der Waals surface area (Å²) in [5.41, 5.74) is 2.06. The third-order valence-electron chi connectivity index (χ3n) is 5.31. The standard InChI is InChI=1S/C22H26N4O2/c1-28-20-9-5-8-18(14-20)16-26-22(27)25(15-17-6-3-2-4-7-17)21(24-26)19-10-12-23-13-11-19/h2-9,14,19,23H,10-13,15-16H2,1H3. The highest BCUT2D eigenvalue weighted by Gasteiger charge is 2.24. The van der Waals surface area contributed by atoms with Crippen molar-refractivity contribution < 1.29 is 4.74 Å². The minimum Gasteiger partial charge on any atom is -0.497 e. The number of nitrogens with one attached hydrogen (secondary N) is 1. The maximum atomic E-state index is 13.2. The molecular weight excluding hydrogens is 352 g/mol. The SMILES string of the molecule is COc1cccc(Cn2nc(C3CCNCC3)n(Cc3ccccc3)c2=O)c1. The Morgan fingerprint density at radius 2 is 1.79 bits per heavy atom. The van der Waals surface area contributed by atoms with Crippen LogP contribution in [0.2, 0.25) is 0 Å². The molecule has 0 atom stereocenters. The van der Waals surface area contributed by atoms with Gasteiger partial charge in [-0.3, -0.25) is 4.57 Å². The highest BCUT2D eigenvalue weighted by atomic mass is 16.5. The molecule has 0 saturated carbocycles. The minimum atomic E-state index is -0.0554. The van der Waals surface area contributed by atoms with Gasteiger partial charge in [0.05, 0.1) is 20.2 Å². The van der Waals surface area contributed by atoms with E-state index in [1.54, 1.807) is 11.8 Å². The van der Waals surface area contributed by atoms with Crippen molar-refractivity contribution in [2.45, 2.75) is 31.8 Å². The fraction of sp³-hybridized carbons (Fsp3) is 0.364. The second-order valence-corrected chi connectivity index (χ2v) is 7.25. The van der Waals surface area contributed by atoms with Crippen LogP contribution in [0, 0.1) is 0 Å². The summed E-state index contributed by atoms with van der Waals surface area (Å²) in [6.45, 7) is 2.92. The van der Waals surface area contributed by atoms with Crippen molar-refractivity contribution >= 4 is 0 Å². The Morgan fingerprint density at radius 1 is 1.04 bits per heavy atom. The van der Waals surface area contributed by atoms with E-state index in [9.17, 15) is 4.79 Å². The predicted octanol–water partition coefficient (Wildman–Crippen LogP) is 2.62. The van der Waals surface area contributed by atoms with Gasteiger partial charge in [0.25, 0.3) is 0 Å². The molecule has 1 saturated heterocycles. The van der Waals surface area contributed by atoms with E-state index in [4.69, 9.17) is 9.84 Å². The number of piperidine rings is 1. The third-order valence-corrected chi connectivity index (χ3v) is 5.31. The second kappa shape index (κ2) is 8.44. The van der Waals surface area contributed by atoms with Gasteiger partial charge in [0.1, 0.15) is 11.6 Å². The molecule has 0 bridgehead atoms. The Kier molecular flexibility index (Phi) is 5.58. The van der Waals surface area contributed by atoms with E-state index in [1.165, 1.54) is 0 Å². The molecule has 6 heteroatoms. The van der Waals surface area contributed by atoms with Crippen molar-refractivity contribution in [1.29, 1.82) is 0 Å². The number of rotatable bonds is 6. The fourth-order valence-corrected chi connectivity index (χ4v) is 3.80. The van der Waals surface area contributed by atoms with Crippen LogP contribution >= 0.6 is 0 Å². The number of aromatic nitrogens is 3. The van der Waals surface area contributed by atoms with Gasteiger partial charge in [-0.15, -0.1) is 0 Å². The topological polar surface area (TPSA) is 61.1 Å². The smallest absolute Gasteiger partial charge is 0.346 e. The molecule has 6 nitrogen and oxygen atoms in total. The second-order valence-electron chi connectivity index (χ2n) is 7.25. The van der Waals surface area contributed by atoms with E-state index in [2.05, 4.69) is 17.4 Å². The first-order chi connectivity index (χ1) is 13.7. The lowest BCUT2D eigenvalue weighted by atomic mass is 9.97. The van der Waals surface area contributed by atoms with E-state index >= 15 is 0 Å². The maximum Gasteiger partial charge on any atom is 0.346 e. The lowest BCUT2D eigenvalue weighted by molar-refractivity contribution is 0.414. The number of benzene rings is 2. The molecule has 1 N–H and O–H groups in total. The molecule has 0 aliphatic carbocycles. The maximum absolute atomic E-state index is 13.2. The Morgan fingerprint density at radius 3 is 2.54 bits per heavy atom. The van der Waals surface area contributed by atoms with Crippen LogP contribution < -0.4 is 15.7 Å². The average Bonchev–Trinajstić information content (AvgIpc) is 3.05. The Balaban J connectivity index is 1.69. The molecular formula is C22H26N4O2. The van der Waals surface area contributed by atoms with Crippen molar-refractivity contribution in [2.24, 2.45) is 0 Å². The fourth-order valence-electron chi connectivity index (χ4n) is 3.80. The first-order valence-corrected chi connectivity index (χ1v) is 9.79. The zero-order valence-corrected chi connectivity index (χ0v) is 16.2. The molecule has 1 fully saturated rings. The molecule has 4 rings (SSSR count). The molecule has 0 amide bonds. The molecule has 2 aromatic carbocycles. The monoisotopic (exact) mass is 378 g/mol. The van der Waals surface area contributed by atoms with Crippen LogP contribution in [0.1, 0.15) is 35.7 Å². The van der Waals surface area contributed by atoms with E-state index < -0.39 is 0 Å². The summed E-state index contributed by atoms with van der Waals surface area (Å²) in [5, 5.41) is 8.17. The van der Waals surface area contributed by atoms with Gasteiger partial charge >= 0.3 is 5.69 Å². The quantitative estimate of drug-likeness (QED) is 0.716. The van der Waals surface area contributed by atoms with Gasteiger partial charge in [-0.25, -0.2) is 9.48 Å². The van der Waals surface area contributed by atoms with Crippen molar-refractivity contribution in [1.82, 2.24) is 19.7 Å². The third kappa shape index (κ3) is 4.02. The molecule has 1 aliphatic heterocycles. The normalized spacial score (nSPS) is 14.9. The molecule has 3 aromatic rings. The van der Waals surface area contributed by atoms with Crippen molar-refractivity contribution in [3.63, 3.8) is 0 Å². The summed E-state index contributed by atoms with van der Waals surface area (Å²) in [7, 11) is 1.65. The van der Waals surface area contributed by atoms with Crippen LogP contribution in [0.3, 0.4) is 0 Å². The van der Waals surface area contributed by atoms with Crippen LogP contribution in [-0.4, -0.2) is 34.5 Å². The van der Waals surface area contributed by atoms with E-state index in [-0.39, 0.29) is 5.69 Å². The molecule has 2 heterocycles. The molecule has 0 unspecified atom stereocenters. The van der Waals surface area contributed by atoms with Crippen LogP contribution in [0.5, 0.6) is 5.75 Å². The largest absolute Gasteiger partial charge is 0.497 e. The Bertz CT molecular complexity index is 972. The van der Waals surface area contributed by atoms with Gasteiger partial charge < -0.3 is 10.1 Å². The average molecular weight is 378 g/mol. The van der Waals surface area contributed by atoms with Crippen molar-refractivity contribution in [3.05, 3.63) is 82.0 Å². The molecule has 1 aliphatic rings. The Labute approximate surface area is 164 Å². The summed E-state index contributed by atoms with van der Waals surface area (Å²) in [5.74, 6) is 2.00. The zero-order chi connectivity index (χ0) is 19.3. The van der Waals surface area contributed by atoms with Gasteiger partial charge in [0.15, 0.2) is 0 Å². The van der Waals surface area contributed by atoms with Gasteiger partial charge in [-0.2, -0.15) is 5.10 Å². The van der Waals surface area contributed by atoms with E-state index in [1.807, 2.05) is 47.0 Å². The number of methoxy groups -OCH3 is 1. The van der Waals surface area contributed by atoms with Crippen LogP contribution in [0.25, 0.3) is 0 Å². The zero-order valence-electron chi connectivity index (χ0n) is 16.2. The first-order valence-electron chi connectivity index (χ1n) is 9.79. The predicted molar refractivity (Wildman–Crippen MR) is 109 cm³/mol. The van der Waals surface area contributed by atoms with E-state index in [0.717, 1.165) is 48.6 Å². The molecule has 0 spiro atoms. The summed E-state index contributed by atoms with van der Waals surface area (Å²) in [4.78, 5) is 13.2. The van der Waals surface area contributed by atoms with Crippen molar-refractivity contribution in [2.75, 3.05) is 20.2 Å². The van der Waals surface area contributed by atoms with Gasteiger partial charge in [0, 0.05) is 5.92 Å². The number of ether oxygens (including phenoxy) is 1. The van der Waals surface area contributed by atoms with Crippen LogP contribution in [-0.2, 0) is 13.1 Å². The lowest BCUT2D eigenvalue weighted by Crippen LogP contribution is -2.30. The summed E-state index contributed by atoms with van der Waals surface area (Å²) in [6, 6.07) is 17.9. The molecule has 0 radical (unpaired) electrons. The van der Waals surface area contributed by atoms with Crippen LogP contribution in [0.4, 0.5) is 0 Å². The highest BCUT2D eigenvalue weighted by molar-refractivity contribution is 5.28. The molecule has 1 aromatic heterocycles. The van der Waals surface area contributed by atoms with E-state index in [0.29, 0.717) is 19.0 Å². The van der Waals surface area contributed by atoms with Gasteiger partial charge in [-0.05, 0) is 49.2 Å². The number of hydrogen-bond donors (Lipinski definition) is 1. The summed E-state index contributed by atoms with van der Waals surface area (Å²) in [6.07, 6.45) is 2.01. The minimum absolute atomic E-state index is 0.0554. The highest BCUT2D eigenvalue weighted by Crippen LogP contribution is 2.23. The summed E-state index contributed by atoms with van der Waals surface area (Å²) < 4.78 is 8.75. The first kappa shape index (κ1) is 18.5. The number of nitrogens with zero attached hydrogens (tertiary/aromatic N) is 3. The Hall–Kier alpha value is -2.86. The number of hydrogen-bond acceptors (Lipinski definition) is 4. The molecule has 146 valence electrons. The van der Waals surface area contributed by atoms with Crippen molar-refractivity contribution in [3.8, 4) is 5.75 Å². The summed E-state index contributed by atoms with van der Waals surface area (Å²) >= 11 is 0. The van der Waals surface area contributed by atoms with Crippen LogP contribution in [0.15, 0.2) is 59.4 Å².